The third-order valence-electron chi connectivity index (χ3n) is 5.33. The van der Waals surface area contributed by atoms with Gasteiger partial charge in [-0.05, 0) is 64.1 Å². The Morgan fingerprint density at radius 1 is 0.750 bits per heavy atom. The molecule has 4 aromatic carbocycles. The van der Waals surface area contributed by atoms with E-state index in [1.165, 1.54) is 49.4 Å². The molecule has 138 valence electrons. The molecule has 0 spiro atoms. The largest absolute Gasteiger partial charge is 0.0871 e. The number of hydrogen-bond acceptors (Lipinski definition) is 0. The van der Waals surface area contributed by atoms with Gasteiger partial charge in [-0.15, -0.1) is 0 Å². The van der Waals surface area contributed by atoms with E-state index < -0.39 is 0 Å². The predicted octanol–water partition coefficient (Wildman–Crippen LogP) is 8.34. The van der Waals surface area contributed by atoms with Crippen LogP contribution in [-0.2, 0) is 0 Å². The molecule has 0 aliphatic heterocycles. The van der Waals surface area contributed by atoms with E-state index in [1.54, 1.807) is 0 Å². The summed E-state index contributed by atoms with van der Waals surface area (Å²) in [6, 6.07) is 26.6. The summed E-state index contributed by atoms with van der Waals surface area (Å²) in [5.41, 5.74) is 6.52. The smallest absolute Gasteiger partial charge is 0.00264 e. The van der Waals surface area contributed by atoms with Crippen molar-refractivity contribution in [3.05, 3.63) is 102 Å². The fourth-order valence-electron chi connectivity index (χ4n) is 4.12. The number of benzene rings is 4. The Morgan fingerprint density at radius 3 is 1.79 bits per heavy atom. The van der Waals surface area contributed by atoms with E-state index in [0.717, 1.165) is 6.42 Å². The highest BCUT2D eigenvalue weighted by atomic mass is 14.2. The lowest BCUT2D eigenvalue weighted by Gasteiger charge is -2.18. The standard InChI is InChI=1S/C28H26/c1-4-10-21(11-5-2)27-23-12-6-8-14-25(23)28(22-18-16-20(3)17-19-22)26-15-9-7-13-24(26)27/h4,6-19H,5H2,1-3H3/b10-4-,21-11+. The summed E-state index contributed by atoms with van der Waals surface area (Å²) in [6.45, 7) is 6.44. The monoisotopic (exact) mass is 362 g/mol. The molecule has 0 radical (unpaired) electrons. The van der Waals surface area contributed by atoms with Crippen LogP contribution in [0.25, 0.3) is 38.2 Å². The van der Waals surface area contributed by atoms with Crippen molar-refractivity contribution in [2.75, 3.05) is 0 Å². The van der Waals surface area contributed by atoms with Crippen molar-refractivity contribution in [2.45, 2.75) is 27.2 Å². The van der Waals surface area contributed by atoms with Gasteiger partial charge in [-0.1, -0.05) is 104 Å². The fourth-order valence-corrected chi connectivity index (χ4v) is 4.12. The summed E-state index contributed by atoms with van der Waals surface area (Å²) in [5.74, 6) is 0. The van der Waals surface area contributed by atoms with Gasteiger partial charge in [0, 0.05) is 0 Å². The van der Waals surface area contributed by atoms with Gasteiger partial charge < -0.3 is 0 Å². The third-order valence-corrected chi connectivity index (χ3v) is 5.33. The first-order chi connectivity index (χ1) is 13.7. The molecule has 0 fully saturated rings. The predicted molar refractivity (Wildman–Crippen MR) is 125 cm³/mol. The van der Waals surface area contributed by atoms with Crippen LogP contribution in [0.2, 0.25) is 0 Å². The van der Waals surface area contributed by atoms with E-state index >= 15 is 0 Å². The second-order valence-corrected chi connectivity index (χ2v) is 7.27. The molecule has 4 aromatic rings. The van der Waals surface area contributed by atoms with Gasteiger partial charge in [0.25, 0.3) is 0 Å². The van der Waals surface area contributed by atoms with E-state index in [2.05, 4.69) is 112 Å². The Labute approximate surface area is 167 Å². The average molecular weight is 363 g/mol. The summed E-state index contributed by atoms with van der Waals surface area (Å²) in [6.07, 6.45) is 7.73. The average Bonchev–Trinajstić information content (AvgIpc) is 2.73. The number of fused-ring (bicyclic) bond motifs is 2. The maximum Gasteiger partial charge on any atom is -0.00264 e. The molecule has 0 amide bonds. The maximum absolute atomic E-state index is 2.33. The zero-order valence-electron chi connectivity index (χ0n) is 16.9. The second kappa shape index (κ2) is 7.86. The molecule has 0 heteroatoms. The summed E-state index contributed by atoms with van der Waals surface area (Å²) >= 11 is 0. The molecule has 0 N–H and O–H groups in total. The van der Waals surface area contributed by atoms with Crippen molar-refractivity contribution in [3.63, 3.8) is 0 Å². The minimum atomic E-state index is 1.02. The lowest BCUT2D eigenvalue weighted by Crippen LogP contribution is -1.93. The van der Waals surface area contributed by atoms with Crippen LogP contribution in [0, 0.1) is 6.92 Å². The minimum absolute atomic E-state index is 1.02. The highest BCUT2D eigenvalue weighted by Crippen LogP contribution is 2.42. The SMILES string of the molecule is C/C=C\C(=C/CC)c1c2ccccc2c(-c2ccc(C)cc2)c2ccccc12. The van der Waals surface area contributed by atoms with E-state index in [9.17, 15) is 0 Å². The normalized spacial score (nSPS) is 12.3. The van der Waals surface area contributed by atoms with Crippen molar-refractivity contribution >= 4 is 27.1 Å². The van der Waals surface area contributed by atoms with Crippen molar-refractivity contribution in [1.82, 2.24) is 0 Å². The van der Waals surface area contributed by atoms with Crippen molar-refractivity contribution in [2.24, 2.45) is 0 Å². The minimum Gasteiger partial charge on any atom is -0.0871 e. The van der Waals surface area contributed by atoms with Crippen LogP contribution >= 0.6 is 0 Å². The molecular formula is C28H26. The van der Waals surface area contributed by atoms with Crippen molar-refractivity contribution < 1.29 is 0 Å². The van der Waals surface area contributed by atoms with Gasteiger partial charge in [-0.2, -0.15) is 0 Å². The van der Waals surface area contributed by atoms with E-state index in [-0.39, 0.29) is 0 Å². The van der Waals surface area contributed by atoms with Crippen molar-refractivity contribution in [1.29, 1.82) is 0 Å². The lowest BCUT2D eigenvalue weighted by molar-refractivity contribution is 1.23. The zero-order chi connectivity index (χ0) is 19.5. The Bertz CT molecular complexity index is 1130. The van der Waals surface area contributed by atoms with Gasteiger partial charge in [-0.25, -0.2) is 0 Å². The van der Waals surface area contributed by atoms with Gasteiger partial charge in [0.1, 0.15) is 0 Å². The molecule has 0 unspecified atom stereocenters. The Hall–Kier alpha value is -3.12. The molecule has 0 aromatic heterocycles. The van der Waals surface area contributed by atoms with Crippen LogP contribution in [0.3, 0.4) is 0 Å². The topological polar surface area (TPSA) is 0 Å². The highest BCUT2D eigenvalue weighted by molar-refractivity contribution is 6.19. The quantitative estimate of drug-likeness (QED) is 0.253. The molecule has 4 rings (SSSR count). The maximum atomic E-state index is 2.33. The number of allylic oxidation sites excluding steroid dienone is 4. The second-order valence-electron chi connectivity index (χ2n) is 7.27. The van der Waals surface area contributed by atoms with E-state index in [4.69, 9.17) is 0 Å². The molecule has 0 saturated carbocycles. The van der Waals surface area contributed by atoms with Gasteiger partial charge in [0.05, 0.1) is 0 Å². The van der Waals surface area contributed by atoms with Gasteiger partial charge in [-0.3, -0.25) is 0 Å². The van der Waals surface area contributed by atoms with Crippen LogP contribution < -0.4 is 0 Å². The molecule has 0 aliphatic carbocycles. The molecule has 0 aliphatic rings. The Kier molecular flexibility index (Phi) is 5.12. The molecular weight excluding hydrogens is 336 g/mol. The molecule has 0 heterocycles. The Morgan fingerprint density at radius 2 is 1.29 bits per heavy atom. The third kappa shape index (κ3) is 3.16. The van der Waals surface area contributed by atoms with Crippen LogP contribution in [-0.4, -0.2) is 0 Å². The molecule has 0 nitrogen and oxygen atoms in total. The molecule has 0 bridgehead atoms. The lowest BCUT2D eigenvalue weighted by atomic mass is 9.85. The molecule has 0 atom stereocenters. The fraction of sp³-hybridized carbons (Fsp3) is 0.143. The van der Waals surface area contributed by atoms with Crippen LogP contribution in [0.4, 0.5) is 0 Å². The van der Waals surface area contributed by atoms with Gasteiger partial charge >= 0.3 is 0 Å². The van der Waals surface area contributed by atoms with Crippen LogP contribution in [0.15, 0.2) is 91.0 Å². The number of hydrogen-bond donors (Lipinski definition) is 0. The first-order valence-corrected chi connectivity index (χ1v) is 10.1. The summed E-state index contributed by atoms with van der Waals surface area (Å²) in [7, 11) is 0. The van der Waals surface area contributed by atoms with E-state index in [1.807, 2.05) is 0 Å². The Balaban J connectivity index is 2.20. The number of rotatable bonds is 4. The van der Waals surface area contributed by atoms with Crippen molar-refractivity contribution in [3.8, 4) is 11.1 Å². The first-order valence-electron chi connectivity index (χ1n) is 10.1. The number of aryl methyl sites for hydroxylation is 1. The van der Waals surface area contributed by atoms with E-state index in [0.29, 0.717) is 0 Å². The molecule has 0 saturated heterocycles. The summed E-state index contributed by atoms with van der Waals surface area (Å²) < 4.78 is 0. The summed E-state index contributed by atoms with van der Waals surface area (Å²) in [5, 5.41) is 5.25. The highest BCUT2D eigenvalue weighted by Gasteiger charge is 2.16. The van der Waals surface area contributed by atoms with Crippen LogP contribution in [0.5, 0.6) is 0 Å². The first kappa shape index (κ1) is 18.3. The molecule has 28 heavy (non-hydrogen) atoms. The zero-order valence-corrected chi connectivity index (χ0v) is 16.9. The van der Waals surface area contributed by atoms with Gasteiger partial charge in [0.2, 0.25) is 0 Å². The van der Waals surface area contributed by atoms with Crippen LogP contribution in [0.1, 0.15) is 31.4 Å². The summed E-state index contributed by atoms with van der Waals surface area (Å²) in [4.78, 5) is 0. The van der Waals surface area contributed by atoms with Gasteiger partial charge in [0.15, 0.2) is 0 Å².